The van der Waals surface area contributed by atoms with Crippen molar-refractivity contribution in [2.24, 2.45) is 0 Å². The van der Waals surface area contributed by atoms with Crippen molar-refractivity contribution in [1.29, 1.82) is 0 Å². The molecule has 0 aliphatic heterocycles. The number of aryl methyl sites for hydroxylation is 2. The number of rotatable bonds is 5. The highest BCUT2D eigenvalue weighted by molar-refractivity contribution is 5.81. The number of hydrogen-bond donors (Lipinski definition) is 2. The van der Waals surface area contributed by atoms with Crippen molar-refractivity contribution in [3.63, 3.8) is 0 Å². The van der Waals surface area contributed by atoms with Gasteiger partial charge in [0.1, 0.15) is 18.1 Å². The molecular formula is C13H19F3N2O2. The molecule has 0 saturated heterocycles. The van der Waals surface area contributed by atoms with Gasteiger partial charge in [-0.1, -0.05) is 0 Å². The van der Waals surface area contributed by atoms with Crippen molar-refractivity contribution >= 4 is 5.91 Å². The highest BCUT2D eigenvalue weighted by Crippen LogP contribution is 2.21. The zero-order valence-electron chi connectivity index (χ0n) is 11.9. The molecular weight excluding hydrogens is 273 g/mol. The summed E-state index contributed by atoms with van der Waals surface area (Å²) in [5.74, 6) is 0.790. The zero-order valence-corrected chi connectivity index (χ0v) is 11.9. The fraction of sp³-hybridized carbons (Fsp3) is 0.615. The first-order chi connectivity index (χ1) is 9.10. The van der Waals surface area contributed by atoms with Gasteiger partial charge in [-0.15, -0.1) is 0 Å². The molecule has 0 aromatic carbocycles. The highest BCUT2D eigenvalue weighted by Gasteiger charge is 2.29. The summed E-state index contributed by atoms with van der Waals surface area (Å²) in [6.07, 6.45) is -4.40. The van der Waals surface area contributed by atoms with E-state index in [1.54, 1.807) is 6.92 Å². The summed E-state index contributed by atoms with van der Waals surface area (Å²) in [6.45, 7) is 5.63. The van der Waals surface area contributed by atoms with Crippen LogP contribution in [0.15, 0.2) is 10.5 Å². The third-order valence-electron chi connectivity index (χ3n) is 2.90. The van der Waals surface area contributed by atoms with Crippen LogP contribution in [0, 0.1) is 13.8 Å². The third kappa shape index (κ3) is 4.88. The van der Waals surface area contributed by atoms with E-state index in [4.69, 9.17) is 4.42 Å². The maximum atomic E-state index is 12.0. The van der Waals surface area contributed by atoms with Crippen LogP contribution < -0.4 is 10.6 Å². The Kier molecular flexibility index (Phi) is 5.21. The molecule has 0 saturated carbocycles. The number of amides is 1. The molecule has 114 valence electrons. The van der Waals surface area contributed by atoms with E-state index in [2.05, 4.69) is 5.32 Å². The lowest BCUT2D eigenvalue weighted by Crippen LogP contribution is -2.45. The minimum atomic E-state index is -4.40. The molecule has 1 heterocycles. The molecule has 0 fully saturated rings. The van der Waals surface area contributed by atoms with Crippen molar-refractivity contribution < 1.29 is 22.4 Å². The molecule has 0 radical (unpaired) electrons. The second kappa shape index (κ2) is 6.30. The molecule has 20 heavy (non-hydrogen) atoms. The van der Waals surface area contributed by atoms with E-state index in [0.717, 1.165) is 17.1 Å². The number of carbonyl (C=O) groups excluding carboxylic acids is 1. The number of nitrogens with one attached hydrogen (secondary N) is 2. The molecule has 2 atom stereocenters. The van der Waals surface area contributed by atoms with E-state index in [1.165, 1.54) is 6.92 Å². The second-order valence-electron chi connectivity index (χ2n) is 4.81. The molecule has 1 rings (SSSR count). The van der Waals surface area contributed by atoms with Crippen molar-refractivity contribution in [3.05, 3.63) is 23.2 Å². The van der Waals surface area contributed by atoms with Gasteiger partial charge >= 0.3 is 6.18 Å². The van der Waals surface area contributed by atoms with Gasteiger partial charge in [0.15, 0.2) is 0 Å². The zero-order chi connectivity index (χ0) is 15.5. The Labute approximate surface area is 115 Å². The van der Waals surface area contributed by atoms with Gasteiger partial charge in [-0.05, 0) is 33.8 Å². The number of carbonyl (C=O) groups is 1. The van der Waals surface area contributed by atoms with E-state index >= 15 is 0 Å². The van der Waals surface area contributed by atoms with E-state index in [0.29, 0.717) is 0 Å². The first-order valence-electron chi connectivity index (χ1n) is 6.27. The molecule has 1 aromatic rings. The Hall–Kier alpha value is -1.50. The van der Waals surface area contributed by atoms with Crippen molar-refractivity contribution in [2.45, 2.75) is 46.0 Å². The van der Waals surface area contributed by atoms with Crippen LogP contribution in [0.25, 0.3) is 0 Å². The van der Waals surface area contributed by atoms with E-state index < -0.39 is 24.7 Å². The maximum Gasteiger partial charge on any atom is 0.405 e. The van der Waals surface area contributed by atoms with Gasteiger partial charge in [0, 0.05) is 11.6 Å². The summed E-state index contributed by atoms with van der Waals surface area (Å²) in [6, 6.07) is 0.911. The Morgan fingerprint density at radius 2 is 1.95 bits per heavy atom. The van der Waals surface area contributed by atoms with Crippen LogP contribution in [0.2, 0.25) is 0 Å². The van der Waals surface area contributed by atoms with Gasteiger partial charge in [0.05, 0.1) is 6.04 Å². The number of halogens is 3. The Balaban J connectivity index is 2.55. The highest BCUT2D eigenvalue weighted by atomic mass is 19.4. The lowest BCUT2D eigenvalue weighted by atomic mass is 10.1. The van der Waals surface area contributed by atoms with Crippen LogP contribution in [0.3, 0.4) is 0 Å². The molecule has 0 bridgehead atoms. The monoisotopic (exact) mass is 292 g/mol. The third-order valence-corrected chi connectivity index (χ3v) is 2.90. The van der Waals surface area contributed by atoms with E-state index in [9.17, 15) is 18.0 Å². The molecule has 0 aliphatic carbocycles. The predicted octanol–water partition coefficient (Wildman–Crippen LogP) is 2.61. The Morgan fingerprint density at radius 3 is 2.40 bits per heavy atom. The lowest BCUT2D eigenvalue weighted by molar-refractivity contribution is -0.139. The topological polar surface area (TPSA) is 54.3 Å². The summed E-state index contributed by atoms with van der Waals surface area (Å²) in [5, 5.41) is 4.80. The summed E-state index contributed by atoms with van der Waals surface area (Å²) >= 11 is 0. The largest absolute Gasteiger partial charge is 0.466 e. The van der Waals surface area contributed by atoms with Crippen LogP contribution in [-0.4, -0.2) is 24.7 Å². The molecule has 4 nitrogen and oxygen atoms in total. The summed E-state index contributed by atoms with van der Waals surface area (Å²) in [5.41, 5.74) is 0.887. The summed E-state index contributed by atoms with van der Waals surface area (Å²) < 4.78 is 41.4. The number of hydrogen-bond acceptors (Lipinski definition) is 3. The maximum absolute atomic E-state index is 12.0. The molecule has 1 aromatic heterocycles. The van der Waals surface area contributed by atoms with Crippen LogP contribution >= 0.6 is 0 Å². The average Bonchev–Trinajstić information content (AvgIpc) is 2.64. The van der Waals surface area contributed by atoms with Gasteiger partial charge in [-0.3, -0.25) is 10.1 Å². The van der Waals surface area contributed by atoms with Crippen LogP contribution in [0.5, 0.6) is 0 Å². The molecule has 2 unspecified atom stereocenters. The minimum Gasteiger partial charge on any atom is -0.466 e. The first-order valence-corrected chi connectivity index (χ1v) is 6.27. The van der Waals surface area contributed by atoms with E-state index in [1.807, 2.05) is 25.2 Å². The summed E-state index contributed by atoms with van der Waals surface area (Å²) in [4.78, 5) is 11.5. The van der Waals surface area contributed by atoms with Crippen LogP contribution in [0.4, 0.5) is 13.2 Å². The molecule has 1 amide bonds. The average molecular weight is 292 g/mol. The SMILES string of the molecule is Cc1cc(C(C)NC(C)C(=O)NCC(F)(F)F)c(C)o1. The first kappa shape index (κ1) is 16.6. The van der Waals surface area contributed by atoms with Crippen molar-refractivity contribution in [3.8, 4) is 0 Å². The van der Waals surface area contributed by atoms with Crippen LogP contribution in [-0.2, 0) is 4.79 Å². The predicted molar refractivity (Wildman–Crippen MR) is 68.3 cm³/mol. The molecule has 0 aliphatic rings. The Morgan fingerprint density at radius 1 is 1.35 bits per heavy atom. The van der Waals surface area contributed by atoms with E-state index in [-0.39, 0.29) is 6.04 Å². The number of alkyl halides is 3. The second-order valence-corrected chi connectivity index (χ2v) is 4.81. The van der Waals surface area contributed by atoms with Crippen LogP contribution in [0.1, 0.15) is 37.0 Å². The van der Waals surface area contributed by atoms with Crippen molar-refractivity contribution in [2.75, 3.05) is 6.54 Å². The number of furan rings is 1. The molecule has 0 spiro atoms. The molecule has 7 heteroatoms. The standard InChI is InChI=1S/C13H19F3N2O2/c1-7-5-11(10(4)20-7)8(2)18-9(3)12(19)17-6-13(14,15)16/h5,8-9,18H,6H2,1-4H3,(H,17,19). The molecule has 2 N–H and O–H groups in total. The van der Waals surface area contributed by atoms with Crippen molar-refractivity contribution in [1.82, 2.24) is 10.6 Å². The van der Waals surface area contributed by atoms with Gasteiger partial charge < -0.3 is 9.73 Å². The Bertz CT molecular complexity index is 469. The fourth-order valence-corrected chi connectivity index (χ4v) is 1.96. The van der Waals surface area contributed by atoms with Gasteiger partial charge in [-0.2, -0.15) is 13.2 Å². The van der Waals surface area contributed by atoms with Gasteiger partial charge in [0.25, 0.3) is 0 Å². The smallest absolute Gasteiger partial charge is 0.405 e. The summed E-state index contributed by atoms with van der Waals surface area (Å²) in [7, 11) is 0. The fourth-order valence-electron chi connectivity index (χ4n) is 1.96. The quantitative estimate of drug-likeness (QED) is 0.877. The lowest BCUT2D eigenvalue weighted by Gasteiger charge is -2.19. The normalized spacial score (nSPS) is 14.9. The van der Waals surface area contributed by atoms with Gasteiger partial charge in [0.2, 0.25) is 5.91 Å². The van der Waals surface area contributed by atoms with Gasteiger partial charge in [-0.25, -0.2) is 0 Å². The minimum absolute atomic E-state index is 0.195.